The number of alkyl carbamates (subject to hydrolysis) is 1. The van der Waals surface area contributed by atoms with Gasteiger partial charge in [0.2, 0.25) is 5.95 Å². The Bertz CT molecular complexity index is 926. The van der Waals surface area contributed by atoms with E-state index in [0.29, 0.717) is 29.1 Å². The second-order valence-electron chi connectivity index (χ2n) is 7.92. The smallest absolute Gasteiger partial charge is 0.407 e. The molecular formula is C21H25FN4O4. The summed E-state index contributed by atoms with van der Waals surface area (Å²) in [6.07, 6.45) is 1.14. The van der Waals surface area contributed by atoms with Gasteiger partial charge in [0.15, 0.2) is 6.10 Å². The zero-order valence-electron chi connectivity index (χ0n) is 17.4. The van der Waals surface area contributed by atoms with E-state index in [-0.39, 0.29) is 19.3 Å². The zero-order valence-corrected chi connectivity index (χ0v) is 17.4. The summed E-state index contributed by atoms with van der Waals surface area (Å²) >= 11 is 0. The van der Waals surface area contributed by atoms with Crippen LogP contribution < -0.4 is 10.1 Å². The highest BCUT2D eigenvalue weighted by molar-refractivity contribution is 5.89. The maximum atomic E-state index is 13.1. The van der Waals surface area contributed by atoms with E-state index in [9.17, 15) is 9.18 Å². The monoisotopic (exact) mass is 416 g/mol. The molecule has 160 valence electrons. The van der Waals surface area contributed by atoms with Crippen LogP contribution in [0.3, 0.4) is 0 Å². The fourth-order valence-electron chi connectivity index (χ4n) is 2.73. The van der Waals surface area contributed by atoms with Crippen LogP contribution in [0.1, 0.15) is 32.9 Å². The van der Waals surface area contributed by atoms with Crippen molar-refractivity contribution in [3.63, 3.8) is 0 Å². The van der Waals surface area contributed by atoms with Crippen molar-refractivity contribution < 1.29 is 23.5 Å². The van der Waals surface area contributed by atoms with Crippen LogP contribution in [-0.4, -0.2) is 46.6 Å². The third-order valence-electron chi connectivity index (χ3n) is 4.05. The Morgan fingerprint density at radius 3 is 2.80 bits per heavy atom. The van der Waals surface area contributed by atoms with E-state index >= 15 is 0 Å². The highest BCUT2D eigenvalue weighted by Gasteiger charge is 2.24. The van der Waals surface area contributed by atoms with Gasteiger partial charge < -0.3 is 19.6 Å². The third kappa shape index (κ3) is 6.13. The minimum atomic E-state index is -0.561. The highest BCUT2D eigenvalue weighted by Crippen LogP contribution is 2.28. The van der Waals surface area contributed by atoms with E-state index < -0.39 is 17.6 Å². The van der Waals surface area contributed by atoms with E-state index in [0.717, 1.165) is 5.69 Å². The van der Waals surface area contributed by atoms with Crippen molar-refractivity contribution in [1.82, 2.24) is 15.3 Å². The Morgan fingerprint density at radius 1 is 1.30 bits per heavy atom. The van der Waals surface area contributed by atoms with Crippen LogP contribution in [0.25, 0.3) is 11.3 Å². The lowest BCUT2D eigenvalue weighted by molar-refractivity contribution is 0.0471. The number of amides is 1. The molecule has 0 aliphatic carbocycles. The average molecular weight is 416 g/mol. The summed E-state index contributed by atoms with van der Waals surface area (Å²) < 4.78 is 24.2. The van der Waals surface area contributed by atoms with Crippen molar-refractivity contribution in [3.8, 4) is 17.0 Å². The molecule has 0 bridgehead atoms. The molecule has 0 fully saturated rings. The van der Waals surface area contributed by atoms with Crippen molar-refractivity contribution in [2.24, 2.45) is 5.16 Å². The number of hydrogen-bond donors (Lipinski definition) is 1. The van der Waals surface area contributed by atoms with Gasteiger partial charge in [0.25, 0.3) is 0 Å². The van der Waals surface area contributed by atoms with Crippen molar-refractivity contribution in [2.45, 2.75) is 45.8 Å². The Kier molecular flexibility index (Phi) is 6.49. The molecule has 0 spiro atoms. The standard InChI is InChI=1S/C21H25FN4O4/c1-13-5-7-17(19(25-13)14-6-8-18(22)23-10-14)28-12-16-9-15(26-30-16)11-24-20(27)29-21(2,3)4/h5-8,10,16H,9,11-12H2,1-4H3,(H,24,27). The highest BCUT2D eigenvalue weighted by atomic mass is 19.1. The van der Waals surface area contributed by atoms with Crippen LogP contribution in [-0.2, 0) is 9.57 Å². The van der Waals surface area contributed by atoms with Gasteiger partial charge in [-0.25, -0.2) is 14.8 Å². The molecular weight excluding hydrogens is 391 g/mol. The number of rotatable bonds is 6. The van der Waals surface area contributed by atoms with Gasteiger partial charge in [-0.3, -0.25) is 0 Å². The Balaban J connectivity index is 1.54. The molecule has 2 aromatic heterocycles. The Hall–Kier alpha value is -3.23. The fraction of sp³-hybridized carbons (Fsp3) is 0.429. The summed E-state index contributed by atoms with van der Waals surface area (Å²) in [5, 5.41) is 6.66. The Morgan fingerprint density at radius 2 is 2.10 bits per heavy atom. The summed E-state index contributed by atoms with van der Waals surface area (Å²) in [5.74, 6) is -0.0177. The second-order valence-corrected chi connectivity index (χ2v) is 7.92. The first-order valence-corrected chi connectivity index (χ1v) is 9.60. The molecule has 1 N–H and O–H groups in total. The number of aromatic nitrogens is 2. The van der Waals surface area contributed by atoms with Crippen molar-refractivity contribution in [2.75, 3.05) is 13.2 Å². The lowest BCUT2D eigenvalue weighted by atomic mass is 10.1. The molecule has 0 saturated carbocycles. The molecule has 8 nitrogen and oxygen atoms in total. The molecule has 1 unspecified atom stereocenters. The summed E-state index contributed by atoms with van der Waals surface area (Å²) in [6, 6.07) is 6.52. The molecule has 1 aliphatic heterocycles. The number of nitrogens with zero attached hydrogens (tertiary/aromatic N) is 3. The van der Waals surface area contributed by atoms with Gasteiger partial charge >= 0.3 is 6.09 Å². The number of oxime groups is 1. The van der Waals surface area contributed by atoms with E-state index in [1.807, 2.05) is 19.1 Å². The molecule has 0 saturated heterocycles. The van der Waals surface area contributed by atoms with E-state index in [4.69, 9.17) is 14.3 Å². The predicted molar refractivity (Wildman–Crippen MR) is 109 cm³/mol. The quantitative estimate of drug-likeness (QED) is 0.723. The molecule has 9 heteroatoms. The number of halogens is 1. The number of ether oxygens (including phenoxy) is 2. The lowest BCUT2D eigenvalue weighted by Gasteiger charge is -2.19. The number of carbonyl (C=O) groups is 1. The lowest BCUT2D eigenvalue weighted by Crippen LogP contribution is -2.35. The molecule has 1 aliphatic rings. The van der Waals surface area contributed by atoms with Crippen LogP contribution in [0.2, 0.25) is 0 Å². The van der Waals surface area contributed by atoms with Gasteiger partial charge in [0.1, 0.15) is 23.7 Å². The maximum absolute atomic E-state index is 13.1. The van der Waals surface area contributed by atoms with Gasteiger partial charge in [0.05, 0.1) is 12.3 Å². The maximum Gasteiger partial charge on any atom is 0.407 e. The molecule has 1 amide bonds. The fourth-order valence-corrected chi connectivity index (χ4v) is 2.73. The number of aryl methyl sites for hydroxylation is 1. The van der Waals surface area contributed by atoms with E-state index in [1.165, 1.54) is 12.3 Å². The minimum Gasteiger partial charge on any atom is -0.487 e. The number of pyridine rings is 2. The van der Waals surface area contributed by atoms with Gasteiger partial charge in [0, 0.05) is 23.9 Å². The summed E-state index contributed by atoms with van der Waals surface area (Å²) in [7, 11) is 0. The third-order valence-corrected chi connectivity index (χ3v) is 4.05. The first kappa shape index (κ1) is 21.5. The van der Waals surface area contributed by atoms with E-state index in [1.54, 1.807) is 26.8 Å². The largest absolute Gasteiger partial charge is 0.487 e. The molecule has 30 heavy (non-hydrogen) atoms. The van der Waals surface area contributed by atoms with Crippen LogP contribution >= 0.6 is 0 Å². The van der Waals surface area contributed by atoms with Crippen molar-refractivity contribution in [3.05, 3.63) is 42.1 Å². The van der Waals surface area contributed by atoms with E-state index in [2.05, 4.69) is 20.4 Å². The van der Waals surface area contributed by atoms with Gasteiger partial charge in [-0.2, -0.15) is 4.39 Å². The molecule has 1 atom stereocenters. The Labute approximate surface area is 174 Å². The number of hydrogen-bond acceptors (Lipinski definition) is 7. The van der Waals surface area contributed by atoms with Crippen LogP contribution in [0.4, 0.5) is 9.18 Å². The average Bonchev–Trinajstić information content (AvgIpc) is 3.13. The van der Waals surface area contributed by atoms with Crippen LogP contribution in [0, 0.1) is 12.9 Å². The first-order valence-electron chi connectivity index (χ1n) is 9.60. The molecule has 3 rings (SSSR count). The van der Waals surface area contributed by atoms with Crippen LogP contribution in [0.5, 0.6) is 5.75 Å². The minimum absolute atomic E-state index is 0.240. The molecule has 3 heterocycles. The topological polar surface area (TPSA) is 94.9 Å². The number of carbonyl (C=O) groups excluding carboxylic acids is 1. The van der Waals surface area contributed by atoms with Crippen molar-refractivity contribution in [1.29, 1.82) is 0 Å². The molecule has 0 radical (unpaired) electrons. The second kappa shape index (κ2) is 9.06. The molecule has 2 aromatic rings. The predicted octanol–water partition coefficient (Wildman–Crippen LogP) is 3.64. The summed E-state index contributed by atoms with van der Waals surface area (Å²) in [5.41, 5.74) is 2.17. The summed E-state index contributed by atoms with van der Waals surface area (Å²) in [4.78, 5) is 25.3. The number of nitrogens with one attached hydrogen (secondary N) is 1. The van der Waals surface area contributed by atoms with Gasteiger partial charge in [-0.1, -0.05) is 5.16 Å². The zero-order chi connectivity index (χ0) is 21.7. The first-order chi connectivity index (χ1) is 14.2. The normalized spacial score (nSPS) is 15.9. The van der Waals surface area contributed by atoms with Crippen molar-refractivity contribution >= 4 is 11.8 Å². The van der Waals surface area contributed by atoms with Crippen LogP contribution in [0.15, 0.2) is 35.6 Å². The summed E-state index contributed by atoms with van der Waals surface area (Å²) in [6.45, 7) is 7.74. The van der Waals surface area contributed by atoms with Gasteiger partial charge in [-0.15, -0.1) is 0 Å². The van der Waals surface area contributed by atoms with Gasteiger partial charge in [-0.05, 0) is 52.0 Å². The molecule has 0 aromatic carbocycles. The SMILES string of the molecule is Cc1ccc(OCC2CC(CNC(=O)OC(C)(C)C)=NO2)c(-c2ccc(F)nc2)n1.